The Balaban J connectivity index is 2.82. The second kappa shape index (κ2) is 6.45. The van der Waals surface area contributed by atoms with Gasteiger partial charge < -0.3 is 10.1 Å². The number of hydrogen-bond donors (Lipinski definition) is 1. The zero-order valence-electron chi connectivity index (χ0n) is 11.4. The van der Waals surface area contributed by atoms with Crippen LogP contribution in [-0.2, 0) is 6.54 Å². The lowest BCUT2D eigenvalue weighted by atomic mass is 10.1. The van der Waals surface area contributed by atoms with Crippen LogP contribution in [-0.4, -0.2) is 13.7 Å². The van der Waals surface area contributed by atoms with E-state index in [2.05, 4.69) is 44.8 Å². The molecule has 94 valence electrons. The SMILES string of the molecule is C=C(CC)COc1c(C)cc(CNC)cc1C. The van der Waals surface area contributed by atoms with E-state index in [4.69, 9.17) is 4.74 Å². The van der Waals surface area contributed by atoms with Gasteiger partial charge in [0.15, 0.2) is 0 Å². The Morgan fingerprint density at radius 3 is 2.35 bits per heavy atom. The summed E-state index contributed by atoms with van der Waals surface area (Å²) in [5.74, 6) is 0.999. The molecule has 0 radical (unpaired) electrons. The van der Waals surface area contributed by atoms with Crippen molar-refractivity contribution in [2.75, 3.05) is 13.7 Å². The monoisotopic (exact) mass is 233 g/mol. The summed E-state index contributed by atoms with van der Waals surface area (Å²) in [6.07, 6.45) is 0.968. The number of benzene rings is 1. The summed E-state index contributed by atoms with van der Waals surface area (Å²) >= 11 is 0. The molecule has 0 saturated heterocycles. The van der Waals surface area contributed by atoms with Crippen LogP contribution in [0.25, 0.3) is 0 Å². The molecule has 0 saturated carbocycles. The maximum absolute atomic E-state index is 5.83. The van der Waals surface area contributed by atoms with E-state index in [-0.39, 0.29) is 0 Å². The topological polar surface area (TPSA) is 21.3 Å². The van der Waals surface area contributed by atoms with Crippen LogP contribution in [0.2, 0.25) is 0 Å². The molecular formula is C15H23NO. The van der Waals surface area contributed by atoms with E-state index in [1.807, 2.05) is 7.05 Å². The molecule has 0 fully saturated rings. The molecule has 1 aromatic rings. The molecule has 1 N–H and O–H groups in total. The number of aryl methyl sites for hydroxylation is 2. The predicted molar refractivity (Wildman–Crippen MR) is 73.6 cm³/mol. The molecule has 0 atom stereocenters. The van der Waals surface area contributed by atoms with Crippen LogP contribution in [0, 0.1) is 13.8 Å². The van der Waals surface area contributed by atoms with E-state index in [9.17, 15) is 0 Å². The largest absolute Gasteiger partial charge is 0.489 e. The minimum absolute atomic E-state index is 0.615. The average molecular weight is 233 g/mol. The van der Waals surface area contributed by atoms with Crippen LogP contribution in [0.5, 0.6) is 5.75 Å². The minimum atomic E-state index is 0.615. The van der Waals surface area contributed by atoms with Gasteiger partial charge in [-0.3, -0.25) is 0 Å². The Bertz CT molecular complexity index is 373. The third-order valence-electron chi connectivity index (χ3n) is 2.82. The zero-order valence-corrected chi connectivity index (χ0v) is 11.4. The van der Waals surface area contributed by atoms with E-state index >= 15 is 0 Å². The van der Waals surface area contributed by atoms with Crippen LogP contribution in [0.4, 0.5) is 0 Å². The van der Waals surface area contributed by atoms with Crippen molar-refractivity contribution in [2.45, 2.75) is 33.7 Å². The number of rotatable bonds is 6. The second-order valence-electron chi connectivity index (χ2n) is 4.48. The Morgan fingerprint density at radius 2 is 1.88 bits per heavy atom. The summed E-state index contributed by atoms with van der Waals surface area (Å²) in [4.78, 5) is 0. The molecule has 0 unspecified atom stereocenters. The van der Waals surface area contributed by atoms with Crippen molar-refractivity contribution in [3.05, 3.63) is 41.0 Å². The van der Waals surface area contributed by atoms with Crippen molar-refractivity contribution in [1.82, 2.24) is 5.32 Å². The van der Waals surface area contributed by atoms with Gasteiger partial charge in [-0.15, -0.1) is 0 Å². The lowest BCUT2D eigenvalue weighted by Gasteiger charge is -2.14. The quantitative estimate of drug-likeness (QED) is 0.761. The first-order chi connectivity index (χ1) is 8.08. The second-order valence-corrected chi connectivity index (χ2v) is 4.48. The first-order valence-electron chi connectivity index (χ1n) is 6.12. The molecule has 0 amide bonds. The molecule has 1 aromatic carbocycles. The van der Waals surface area contributed by atoms with Crippen molar-refractivity contribution in [1.29, 1.82) is 0 Å². The number of ether oxygens (including phenoxy) is 1. The molecular weight excluding hydrogens is 210 g/mol. The van der Waals surface area contributed by atoms with Crippen molar-refractivity contribution >= 4 is 0 Å². The molecule has 0 aliphatic rings. The Hall–Kier alpha value is -1.28. The van der Waals surface area contributed by atoms with E-state index < -0.39 is 0 Å². The number of hydrogen-bond acceptors (Lipinski definition) is 2. The van der Waals surface area contributed by atoms with Crippen molar-refractivity contribution in [2.24, 2.45) is 0 Å². The van der Waals surface area contributed by atoms with E-state index in [0.717, 1.165) is 24.3 Å². The van der Waals surface area contributed by atoms with Crippen LogP contribution < -0.4 is 10.1 Å². The van der Waals surface area contributed by atoms with Crippen LogP contribution >= 0.6 is 0 Å². The Morgan fingerprint density at radius 1 is 1.29 bits per heavy atom. The Kier molecular flexibility index (Phi) is 5.23. The molecule has 17 heavy (non-hydrogen) atoms. The molecule has 0 aliphatic carbocycles. The third kappa shape index (κ3) is 3.90. The summed E-state index contributed by atoms with van der Waals surface area (Å²) in [5.41, 5.74) is 4.81. The highest BCUT2D eigenvalue weighted by Crippen LogP contribution is 2.25. The van der Waals surface area contributed by atoms with Crippen molar-refractivity contribution < 1.29 is 4.74 Å². The minimum Gasteiger partial charge on any atom is -0.489 e. The van der Waals surface area contributed by atoms with Gasteiger partial charge in [-0.25, -0.2) is 0 Å². The fourth-order valence-corrected chi connectivity index (χ4v) is 1.85. The van der Waals surface area contributed by atoms with E-state index in [1.54, 1.807) is 0 Å². The smallest absolute Gasteiger partial charge is 0.125 e. The van der Waals surface area contributed by atoms with Gasteiger partial charge in [-0.05, 0) is 49.6 Å². The first kappa shape index (κ1) is 13.8. The lowest BCUT2D eigenvalue weighted by Crippen LogP contribution is -2.07. The van der Waals surface area contributed by atoms with Crippen LogP contribution in [0.15, 0.2) is 24.3 Å². The van der Waals surface area contributed by atoms with Gasteiger partial charge in [0.2, 0.25) is 0 Å². The molecule has 1 rings (SSSR count). The maximum Gasteiger partial charge on any atom is 0.125 e. The lowest BCUT2D eigenvalue weighted by molar-refractivity contribution is 0.344. The standard InChI is InChI=1S/C15H23NO/c1-6-11(2)10-17-15-12(3)7-14(9-16-5)8-13(15)4/h7-8,16H,2,6,9-10H2,1,3-5H3. The Labute approximate surface area is 105 Å². The molecule has 0 aliphatic heterocycles. The first-order valence-corrected chi connectivity index (χ1v) is 6.12. The summed E-state index contributed by atoms with van der Waals surface area (Å²) in [7, 11) is 1.96. The normalized spacial score (nSPS) is 10.4. The van der Waals surface area contributed by atoms with E-state index in [1.165, 1.54) is 16.7 Å². The average Bonchev–Trinajstić information content (AvgIpc) is 2.28. The molecule has 2 heteroatoms. The van der Waals surface area contributed by atoms with E-state index in [0.29, 0.717) is 6.61 Å². The highest BCUT2D eigenvalue weighted by molar-refractivity contribution is 5.43. The van der Waals surface area contributed by atoms with Crippen molar-refractivity contribution in [3.8, 4) is 5.75 Å². The highest BCUT2D eigenvalue weighted by atomic mass is 16.5. The fourth-order valence-electron chi connectivity index (χ4n) is 1.85. The van der Waals surface area contributed by atoms with Gasteiger partial charge in [0, 0.05) is 6.54 Å². The van der Waals surface area contributed by atoms with Crippen LogP contribution in [0.3, 0.4) is 0 Å². The van der Waals surface area contributed by atoms with Gasteiger partial charge in [0.1, 0.15) is 12.4 Å². The van der Waals surface area contributed by atoms with Gasteiger partial charge in [0.25, 0.3) is 0 Å². The van der Waals surface area contributed by atoms with Gasteiger partial charge in [-0.2, -0.15) is 0 Å². The molecule has 0 spiro atoms. The van der Waals surface area contributed by atoms with Crippen molar-refractivity contribution in [3.63, 3.8) is 0 Å². The third-order valence-corrected chi connectivity index (χ3v) is 2.82. The van der Waals surface area contributed by atoms with Gasteiger partial charge >= 0.3 is 0 Å². The molecule has 2 nitrogen and oxygen atoms in total. The number of nitrogens with one attached hydrogen (secondary N) is 1. The summed E-state index contributed by atoms with van der Waals surface area (Å²) in [6, 6.07) is 4.35. The molecule has 0 bridgehead atoms. The molecule has 0 aromatic heterocycles. The summed E-state index contributed by atoms with van der Waals surface area (Å²) in [6.45, 7) is 11.8. The zero-order chi connectivity index (χ0) is 12.8. The summed E-state index contributed by atoms with van der Waals surface area (Å²) in [5, 5.41) is 3.16. The van der Waals surface area contributed by atoms with Crippen LogP contribution in [0.1, 0.15) is 30.0 Å². The van der Waals surface area contributed by atoms with Gasteiger partial charge in [0.05, 0.1) is 0 Å². The van der Waals surface area contributed by atoms with Gasteiger partial charge in [-0.1, -0.05) is 25.6 Å². The maximum atomic E-state index is 5.83. The highest BCUT2D eigenvalue weighted by Gasteiger charge is 2.06. The predicted octanol–water partition coefficient (Wildman–Crippen LogP) is 3.37. The fraction of sp³-hybridized carbons (Fsp3) is 0.467. The summed E-state index contributed by atoms with van der Waals surface area (Å²) < 4.78 is 5.83. The molecule has 0 heterocycles.